The van der Waals surface area contributed by atoms with E-state index in [1.807, 2.05) is 6.07 Å². The molecule has 0 saturated heterocycles. The van der Waals surface area contributed by atoms with Crippen LogP contribution in [0.3, 0.4) is 0 Å². The number of esters is 1. The van der Waals surface area contributed by atoms with E-state index in [1.54, 1.807) is 34.0 Å². The van der Waals surface area contributed by atoms with Gasteiger partial charge in [0.05, 0.1) is 11.0 Å². The van der Waals surface area contributed by atoms with Gasteiger partial charge in [-0.25, -0.2) is 27.9 Å². The van der Waals surface area contributed by atoms with E-state index < -0.39 is 45.7 Å². The van der Waals surface area contributed by atoms with Crippen molar-refractivity contribution >= 4 is 32.3 Å². The van der Waals surface area contributed by atoms with Gasteiger partial charge in [-0.1, -0.05) is 39.9 Å². The lowest BCUT2D eigenvalue weighted by molar-refractivity contribution is 0.0723. The molecule has 1 fully saturated rings. The standard InChI is InChI=1S/C22H18F4N3O2PS/c1-33-21-28-10-12(20(30)31-17-15(25)13(23)14(24)16(26)18(17)32)19(29-21)22(6-2-3-7-22)11-5-4-8-27-9-11/h4-5,8-10H,2-3,6-7,32H2,1H3. The van der Waals surface area contributed by atoms with E-state index in [0.29, 0.717) is 23.7 Å². The minimum Gasteiger partial charge on any atom is -0.419 e. The van der Waals surface area contributed by atoms with E-state index in [2.05, 4.69) is 15.0 Å². The predicted octanol–water partition coefficient (Wildman–Crippen LogP) is 4.73. The van der Waals surface area contributed by atoms with Crippen molar-refractivity contribution in [2.24, 2.45) is 0 Å². The molecule has 0 aliphatic heterocycles. The summed E-state index contributed by atoms with van der Waals surface area (Å²) in [6, 6.07) is 3.67. The van der Waals surface area contributed by atoms with E-state index in [1.165, 1.54) is 18.0 Å². The quantitative estimate of drug-likeness (QED) is 0.0746. The zero-order valence-electron chi connectivity index (χ0n) is 17.4. The Morgan fingerprint density at radius 2 is 1.79 bits per heavy atom. The number of aromatic nitrogens is 3. The lowest BCUT2D eigenvalue weighted by Gasteiger charge is -2.30. The maximum atomic E-state index is 14.3. The predicted molar refractivity (Wildman–Crippen MR) is 118 cm³/mol. The van der Waals surface area contributed by atoms with Crippen molar-refractivity contribution in [2.45, 2.75) is 36.3 Å². The van der Waals surface area contributed by atoms with Crippen LogP contribution < -0.4 is 10.0 Å². The second kappa shape index (κ2) is 9.35. The number of hydrogen-bond acceptors (Lipinski definition) is 6. The summed E-state index contributed by atoms with van der Waals surface area (Å²) in [5.74, 6) is -9.70. The molecule has 4 rings (SSSR count). The van der Waals surface area contributed by atoms with Crippen LogP contribution in [-0.2, 0) is 5.41 Å². The number of ether oxygens (including phenoxy) is 1. The van der Waals surface area contributed by atoms with E-state index in [-0.39, 0.29) is 5.56 Å². The molecular weight excluding hydrogens is 477 g/mol. The fourth-order valence-electron chi connectivity index (χ4n) is 4.14. The lowest BCUT2D eigenvalue weighted by atomic mass is 9.75. The molecule has 11 heteroatoms. The first-order valence-corrected chi connectivity index (χ1v) is 11.8. The SMILES string of the molecule is CSc1ncc(C(=O)Oc2c(F)c(F)c(F)c(F)c2P)c(C2(c3cccnc3)CCCC2)n1. The van der Waals surface area contributed by atoms with Crippen LogP contribution in [0.5, 0.6) is 5.75 Å². The van der Waals surface area contributed by atoms with Crippen LogP contribution in [0.4, 0.5) is 17.6 Å². The summed E-state index contributed by atoms with van der Waals surface area (Å²) in [4.78, 5) is 26.1. The highest BCUT2D eigenvalue weighted by Crippen LogP contribution is 2.47. The number of nitrogens with zero attached hydrogens (tertiary/aromatic N) is 3. The molecule has 2 heterocycles. The van der Waals surface area contributed by atoms with Gasteiger partial charge in [0, 0.05) is 24.0 Å². The van der Waals surface area contributed by atoms with Gasteiger partial charge in [-0.3, -0.25) is 4.98 Å². The number of halogens is 4. The molecule has 0 amide bonds. The highest BCUT2D eigenvalue weighted by Gasteiger charge is 2.42. The molecule has 33 heavy (non-hydrogen) atoms. The number of rotatable bonds is 5. The number of carbonyl (C=O) groups excluding carboxylic acids is 1. The van der Waals surface area contributed by atoms with Gasteiger partial charge in [0.1, 0.15) is 5.56 Å². The summed E-state index contributed by atoms with van der Waals surface area (Å²) in [6.45, 7) is 0. The number of thioether (sulfide) groups is 1. The Balaban J connectivity index is 1.84. The molecule has 1 aliphatic rings. The molecular formula is C22H18F4N3O2PS. The number of pyridine rings is 1. The molecule has 2 aromatic heterocycles. The van der Waals surface area contributed by atoms with E-state index in [9.17, 15) is 22.4 Å². The summed E-state index contributed by atoms with van der Waals surface area (Å²) in [5.41, 5.74) is 0.468. The summed E-state index contributed by atoms with van der Waals surface area (Å²) < 4.78 is 60.6. The molecule has 1 aromatic carbocycles. The van der Waals surface area contributed by atoms with Crippen molar-refractivity contribution in [1.29, 1.82) is 0 Å². The van der Waals surface area contributed by atoms with Crippen LogP contribution in [-0.4, -0.2) is 27.2 Å². The summed E-state index contributed by atoms with van der Waals surface area (Å²) in [7, 11) is 1.72. The second-order valence-electron chi connectivity index (χ2n) is 7.54. The highest BCUT2D eigenvalue weighted by molar-refractivity contribution is 7.98. The normalized spacial score (nSPS) is 15.0. The maximum Gasteiger partial charge on any atom is 0.347 e. The monoisotopic (exact) mass is 495 g/mol. The third-order valence-corrected chi connectivity index (χ3v) is 6.82. The van der Waals surface area contributed by atoms with Gasteiger partial charge in [0.25, 0.3) is 0 Å². The second-order valence-corrected chi connectivity index (χ2v) is 8.89. The van der Waals surface area contributed by atoms with Crippen molar-refractivity contribution in [3.63, 3.8) is 0 Å². The van der Waals surface area contributed by atoms with Gasteiger partial charge in [-0.2, -0.15) is 4.39 Å². The molecule has 1 unspecified atom stereocenters. The van der Waals surface area contributed by atoms with Gasteiger partial charge >= 0.3 is 5.97 Å². The van der Waals surface area contributed by atoms with Crippen molar-refractivity contribution < 1.29 is 27.1 Å². The maximum absolute atomic E-state index is 14.3. The van der Waals surface area contributed by atoms with Crippen LogP contribution in [0.1, 0.15) is 47.3 Å². The zero-order valence-corrected chi connectivity index (χ0v) is 19.3. The van der Waals surface area contributed by atoms with Crippen LogP contribution >= 0.6 is 21.0 Å². The lowest BCUT2D eigenvalue weighted by Crippen LogP contribution is -2.30. The highest BCUT2D eigenvalue weighted by atomic mass is 32.2. The van der Waals surface area contributed by atoms with Crippen molar-refractivity contribution in [3.8, 4) is 5.75 Å². The molecule has 3 aromatic rings. The van der Waals surface area contributed by atoms with Crippen LogP contribution in [0.15, 0.2) is 35.9 Å². The van der Waals surface area contributed by atoms with Crippen LogP contribution in [0.25, 0.3) is 0 Å². The smallest absolute Gasteiger partial charge is 0.347 e. The molecule has 0 bridgehead atoms. The van der Waals surface area contributed by atoms with Crippen molar-refractivity contribution in [2.75, 3.05) is 6.26 Å². The Kier molecular flexibility index (Phi) is 6.68. The van der Waals surface area contributed by atoms with Gasteiger partial charge in [-0.05, 0) is 30.7 Å². The van der Waals surface area contributed by atoms with Gasteiger partial charge in [-0.15, -0.1) is 0 Å². The Labute approximate surface area is 193 Å². The van der Waals surface area contributed by atoms with E-state index in [4.69, 9.17) is 4.74 Å². The fourth-order valence-corrected chi connectivity index (χ4v) is 4.79. The van der Waals surface area contributed by atoms with Crippen molar-refractivity contribution in [3.05, 3.63) is 70.8 Å². The Morgan fingerprint density at radius 1 is 1.09 bits per heavy atom. The topological polar surface area (TPSA) is 65.0 Å². The molecule has 0 N–H and O–H groups in total. The molecule has 0 spiro atoms. The third kappa shape index (κ3) is 4.10. The molecule has 1 atom stereocenters. The number of benzene rings is 1. The Hall–Kier alpha value is -2.58. The van der Waals surface area contributed by atoms with Crippen LogP contribution in [0.2, 0.25) is 0 Å². The fraction of sp³-hybridized carbons (Fsp3) is 0.273. The largest absolute Gasteiger partial charge is 0.419 e. The van der Waals surface area contributed by atoms with Gasteiger partial charge in [0.2, 0.25) is 11.6 Å². The minimum atomic E-state index is -2.07. The molecule has 1 aliphatic carbocycles. The van der Waals surface area contributed by atoms with E-state index in [0.717, 1.165) is 18.4 Å². The number of hydrogen-bond donors (Lipinski definition) is 0. The van der Waals surface area contributed by atoms with E-state index >= 15 is 0 Å². The summed E-state index contributed by atoms with van der Waals surface area (Å²) in [5, 5.41) is -0.334. The minimum absolute atomic E-state index is 0.0764. The average Bonchev–Trinajstić information content (AvgIpc) is 3.35. The van der Waals surface area contributed by atoms with Gasteiger partial charge < -0.3 is 4.74 Å². The molecule has 1 saturated carbocycles. The third-order valence-electron chi connectivity index (χ3n) is 5.75. The first-order valence-electron chi connectivity index (χ1n) is 9.95. The van der Waals surface area contributed by atoms with Crippen molar-refractivity contribution in [1.82, 2.24) is 15.0 Å². The molecule has 172 valence electrons. The summed E-state index contributed by atoms with van der Waals surface area (Å²) >= 11 is 1.28. The Morgan fingerprint density at radius 3 is 2.42 bits per heavy atom. The van der Waals surface area contributed by atoms with Crippen LogP contribution in [0, 0.1) is 23.3 Å². The first kappa shape index (κ1) is 23.6. The average molecular weight is 495 g/mol. The summed E-state index contributed by atoms with van der Waals surface area (Å²) in [6.07, 6.45) is 9.47. The molecule has 5 nitrogen and oxygen atoms in total. The van der Waals surface area contributed by atoms with Gasteiger partial charge in [0.15, 0.2) is 22.5 Å². The Bertz CT molecular complexity index is 1200. The first-order chi connectivity index (χ1) is 15.8. The zero-order chi connectivity index (χ0) is 23.8. The number of carbonyl (C=O) groups is 1. The molecule has 0 radical (unpaired) electrons.